The normalized spacial score (nSPS) is 13.0. The van der Waals surface area contributed by atoms with Gasteiger partial charge in [0.15, 0.2) is 0 Å². The fraction of sp³-hybridized carbons (Fsp3) is 0.909. The molecule has 5 nitrogen and oxygen atoms in total. The van der Waals surface area contributed by atoms with Gasteiger partial charge in [-0.3, -0.25) is 4.79 Å². The summed E-state index contributed by atoms with van der Waals surface area (Å²) < 4.78 is 5.35. The van der Waals surface area contributed by atoms with Gasteiger partial charge in [0.1, 0.15) is 0 Å². The molecule has 0 radical (unpaired) electrons. The predicted molar refractivity (Wildman–Crippen MR) is 61.4 cm³/mol. The van der Waals surface area contributed by atoms with E-state index >= 15 is 0 Å². The number of rotatable bonds is 10. The van der Waals surface area contributed by atoms with Crippen LogP contribution in [-0.4, -0.2) is 48.6 Å². The molecule has 0 aromatic heterocycles. The second-order valence-electron chi connectivity index (χ2n) is 4.25. The van der Waals surface area contributed by atoms with Gasteiger partial charge in [0, 0.05) is 19.7 Å². The maximum atomic E-state index is 10.2. The number of aliphatic carboxylic acids is 1. The van der Waals surface area contributed by atoms with Gasteiger partial charge < -0.3 is 20.3 Å². The van der Waals surface area contributed by atoms with Gasteiger partial charge in [-0.1, -0.05) is 13.8 Å². The Kier molecular flexibility index (Phi) is 9.18. The summed E-state index contributed by atoms with van der Waals surface area (Å²) >= 11 is 0. The van der Waals surface area contributed by atoms with Crippen LogP contribution in [0.1, 0.15) is 26.7 Å². The average Bonchev–Trinajstić information content (AvgIpc) is 2.14. The van der Waals surface area contributed by atoms with E-state index in [0.29, 0.717) is 25.6 Å². The van der Waals surface area contributed by atoms with Crippen molar-refractivity contribution in [2.75, 3.05) is 26.3 Å². The molecule has 5 heteroatoms. The number of aliphatic hydroxyl groups is 1. The summed E-state index contributed by atoms with van der Waals surface area (Å²) in [6, 6.07) is 0. The lowest BCUT2D eigenvalue weighted by Crippen LogP contribution is -2.31. The lowest BCUT2D eigenvalue weighted by Gasteiger charge is -2.10. The molecule has 0 saturated carbocycles. The third kappa shape index (κ3) is 11.4. The molecule has 96 valence electrons. The van der Waals surface area contributed by atoms with E-state index in [0.717, 1.165) is 13.0 Å². The zero-order valence-corrected chi connectivity index (χ0v) is 10.1. The molecule has 0 rings (SSSR count). The fourth-order valence-electron chi connectivity index (χ4n) is 1.11. The van der Waals surface area contributed by atoms with E-state index in [2.05, 4.69) is 19.2 Å². The quantitative estimate of drug-likeness (QED) is 0.478. The molecule has 0 aliphatic carbocycles. The van der Waals surface area contributed by atoms with Crippen LogP contribution in [0.25, 0.3) is 0 Å². The molecule has 0 bridgehead atoms. The summed E-state index contributed by atoms with van der Waals surface area (Å²) in [6.45, 7) is 6.55. The largest absolute Gasteiger partial charge is 0.481 e. The first-order chi connectivity index (χ1) is 7.52. The second-order valence-corrected chi connectivity index (χ2v) is 4.25. The van der Waals surface area contributed by atoms with E-state index in [9.17, 15) is 9.90 Å². The third-order valence-electron chi connectivity index (χ3n) is 2.05. The van der Waals surface area contributed by atoms with Crippen LogP contribution < -0.4 is 5.32 Å². The van der Waals surface area contributed by atoms with Gasteiger partial charge in [-0.2, -0.15) is 0 Å². The van der Waals surface area contributed by atoms with Gasteiger partial charge in [-0.25, -0.2) is 0 Å². The first kappa shape index (κ1) is 15.3. The lowest BCUT2D eigenvalue weighted by molar-refractivity contribution is -0.139. The first-order valence-corrected chi connectivity index (χ1v) is 5.70. The molecule has 16 heavy (non-hydrogen) atoms. The van der Waals surface area contributed by atoms with E-state index in [1.54, 1.807) is 0 Å². The molecule has 0 heterocycles. The summed E-state index contributed by atoms with van der Waals surface area (Å²) in [7, 11) is 0. The number of carboxylic acids is 1. The molecule has 1 atom stereocenters. The zero-order chi connectivity index (χ0) is 12.4. The SMILES string of the molecule is CC(C)CCOCCNCC(O)CC(=O)O. The Labute approximate surface area is 96.8 Å². The molecule has 1 unspecified atom stereocenters. The third-order valence-corrected chi connectivity index (χ3v) is 2.05. The Morgan fingerprint density at radius 3 is 2.62 bits per heavy atom. The number of hydrogen-bond donors (Lipinski definition) is 3. The summed E-state index contributed by atoms with van der Waals surface area (Å²) in [5, 5.41) is 20.5. The van der Waals surface area contributed by atoms with Crippen molar-refractivity contribution >= 4 is 5.97 Å². The minimum absolute atomic E-state index is 0.221. The molecular weight excluding hydrogens is 210 g/mol. The smallest absolute Gasteiger partial charge is 0.306 e. The van der Waals surface area contributed by atoms with E-state index in [1.165, 1.54) is 0 Å². The van der Waals surface area contributed by atoms with Crippen molar-refractivity contribution in [3.8, 4) is 0 Å². The van der Waals surface area contributed by atoms with Crippen LogP contribution in [0.3, 0.4) is 0 Å². The Bertz CT molecular complexity index is 185. The van der Waals surface area contributed by atoms with Crippen molar-refractivity contribution in [3.05, 3.63) is 0 Å². The van der Waals surface area contributed by atoms with Gasteiger partial charge in [-0.05, 0) is 12.3 Å². The van der Waals surface area contributed by atoms with Crippen molar-refractivity contribution in [2.45, 2.75) is 32.8 Å². The fourth-order valence-corrected chi connectivity index (χ4v) is 1.11. The maximum absolute atomic E-state index is 10.2. The highest BCUT2D eigenvalue weighted by Gasteiger charge is 2.07. The van der Waals surface area contributed by atoms with Crippen molar-refractivity contribution in [2.24, 2.45) is 5.92 Å². The van der Waals surface area contributed by atoms with Crippen molar-refractivity contribution < 1.29 is 19.7 Å². The molecule has 0 aliphatic heterocycles. The highest BCUT2D eigenvalue weighted by atomic mass is 16.5. The number of nitrogens with one attached hydrogen (secondary N) is 1. The molecule has 3 N–H and O–H groups in total. The van der Waals surface area contributed by atoms with Crippen molar-refractivity contribution in [1.82, 2.24) is 5.32 Å². The minimum Gasteiger partial charge on any atom is -0.481 e. The standard InChI is InChI=1S/C11H23NO4/c1-9(2)3-5-16-6-4-12-8-10(13)7-11(14)15/h9-10,12-13H,3-8H2,1-2H3,(H,14,15). The molecule has 0 amide bonds. The maximum Gasteiger partial charge on any atom is 0.306 e. The Hall–Kier alpha value is -0.650. The molecule has 0 spiro atoms. The van der Waals surface area contributed by atoms with Crippen molar-refractivity contribution in [3.63, 3.8) is 0 Å². The first-order valence-electron chi connectivity index (χ1n) is 5.70. The molecular formula is C11H23NO4. The summed E-state index contributed by atoms with van der Waals surface area (Å²) in [4.78, 5) is 10.2. The molecule has 0 aliphatic rings. The van der Waals surface area contributed by atoms with E-state index in [-0.39, 0.29) is 6.42 Å². The second kappa shape index (κ2) is 9.57. The number of carbonyl (C=O) groups is 1. The van der Waals surface area contributed by atoms with Crippen LogP contribution in [0, 0.1) is 5.92 Å². The number of ether oxygens (including phenoxy) is 1. The molecule has 0 saturated heterocycles. The van der Waals surface area contributed by atoms with E-state index < -0.39 is 12.1 Å². The monoisotopic (exact) mass is 233 g/mol. The number of aliphatic hydroxyl groups excluding tert-OH is 1. The highest BCUT2D eigenvalue weighted by Crippen LogP contribution is 1.98. The molecule has 0 fully saturated rings. The summed E-state index contributed by atoms with van der Waals surface area (Å²) in [5.74, 6) is -0.340. The van der Waals surface area contributed by atoms with Crippen LogP contribution in [0.2, 0.25) is 0 Å². The van der Waals surface area contributed by atoms with Gasteiger partial charge in [0.05, 0.1) is 19.1 Å². The van der Waals surface area contributed by atoms with E-state index in [1.807, 2.05) is 0 Å². The van der Waals surface area contributed by atoms with Gasteiger partial charge in [0.25, 0.3) is 0 Å². The van der Waals surface area contributed by atoms with Gasteiger partial charge in [-0.15, -0.1) is 0 Å². The molecule has 0 aromatic carbocycles. The van der Waals surface area contributed by atoms with Gasteiger partial charge in [0.2, 0.25) is 0 Å². The summed E-state index contributed by atoms with van der Waals surface area (Å²) in [5.41, 5.74) is 0. The summed E-state index contributed by atoms with van der Waals surface area (Å²) in [6.07, 6.45) is -0.00351. The van der Waals surface area contributed by atoms with Gasteiger partial charge >= 0.3 is 5.97 Å². The van der Waals surface area contributed by atoms with Crippen LogP contribution in [0.4, 0.5) is 0 Å². The number of carboxylic acid groups (broad SMARTS) is 1. The number of hydrogen-bond acceptors (Lipinski definition) is 4. The minimum atomic E-state index is -0.984. The van der Waals surface area contributed by atoms with Crippen LogP contribution in [0.15, 0.2) is 0 Å². The zero-order valence-electron chi connectivity index (χ0n) is 10.1. The Morgan fingerprint density at radius 2 is 2.06 bits per heavy atom. The predicted octanol–water partition coefficient (Wildman–Crippen LogP) is 0.474. The van der Waals surface area contributed by atoms with Crippen LogP contribution >= 0.6 is 0 Å². The van der Waals surface area contributed by atoms with Crippen LogP contribution in [-0.2, 0) is 9.53 Å². The van der Waals surface area contributed by atoms with Crippen molar-refractivity contribution in [1.29, 1.82) is 0 Å². The Balaban J connectivity index is 3.17. The lowest BCUT2D eigenvalue weighted by atomic mass is 10.1. The molecule has 0 aromatic rings. The van der Waals surface area contributed by atoms with E-state index in [4.69, 9.17) is 9.84 Å². The Morgan fingerprint density at radius 1 is 1.38 bits per heavy atom. The van der Waals surface area contributed by atoms with Crippen LogP contribution in [0.5, 0.6) is 0 Å². The topological polar surface area (TPSA) is 78.8 Å². The average molecular weight is 233 g/mol. The highest BCUT2D eigenvalue weighted by molar-refractivity contribution is 5.67.